The van der Waals surface area contributed by atoms with Crippen molar-refractivity contribution in [2.24, 2.45) is 0 Å². The monoisotopic (exact) mass is 344 g/mol. The van der Waals surface area contributed by atoms with Crippen molar-refractivity contribution >= 4 is 27.6 Å². The Kier molecular flexibility index (Phi) is 6.09. The first-order valence-electron chi connectivity index (χ1n) is 6.09. The van der Waals surface area contributed by atoms with Gasteiger partial charge >= 0.3 is 5.97 Å². The van der Waals surface area contributed by atoms with E-state index in [1.165, 1.54) is 13.2 Å². The van der Waals surface area contributed by atoms with E-state index in [1.54, 1.807) is 12.1 Å². The summed E-state index contributed by atoms with van der Waals surface area (Å²) < 4.78 is 5.11. The molecule has 1 aromatic rings. The predicted molar refractivity (Wildman–Crippen MR) is 78.4 cm³/mol. The molecule has 0 atom stereocenters. The van der Waals surface area contributed by atoms with Crippen LogP contribution in [-0.2, 0) is 16.1 Å². The summed E-state index contributed by atoms with van der Waals surface area (Å²) >= 11 is 3.26. The highest BCUT2D eigenvalue weighted by molar-refractivity contribution is 9.10. The van der Waals surface area contributed by atoms with Gasteiger partial charge in [0, 0.05) is 18.7 Å². The molecule has 0 unspecified atom stereocenters. The van der Waals surface area contributed by atoms with E-state index >= 15 is 0 Å². The fourth-order valence-electron chi connectivity index (χ4n) is 1.70. The Morgan fingerprint density at radius 1 is 1.50 bits per heavy atom. The third-order valence-corrected chi connectivity index (χ3v) is 3.83. The maximum absolute atomic E-state index is 11.4. The molecule has 0 amide bonds. The van der Waals surface area contributed by atoms with E-state index < -0.39 is 4.92 Å². The normalized spacial score (nSPS) is 10.9. The Bertz CT molecular complexity index is 505. The quantitative estimate of drug-likeness (QED) is 0.450. The molecule has 0 spiro atoms. The van der Waals surface area contributed by atoms with E-state index in [4.69, 9.17) is 0 Å². The molecule has 6 nitrogen and oxygen atoms in total. The topological polar surface area (TPSA) is 72.7 Å². The second-order valence-corrected chi connectivity index (χ2v) is 5.38. The van der Waals surface area contributed by atoms with Crippen molar-refractivity contribution < 1.29 is 14.5 Å². The SMILES string of the molecule is COC(=O)CN(Cc1cccc([N+](=O)[O-])c1Br)C(C)C. The average molecular weight is 345 g/mol. The maximum Gasteiger partial charge on any atom is 0.319 e. The minimum Gasteiger partial charge on any atom is -0.468 e. The molecule has 1 aromatic carbocycles. The summed E-state index contributed by atoms with van der Waals surface area (Å²) in [5.74, 6) is -0.333. The van der Waals surface area contributed by atoms with Gasteiger partial charge in [0.1, 0.15) is 0 Å². The zero-order valence-electron chi connectivity index (χ0n) is 11.6. The highest BCUT2D eigenvalue weighted by Crippen LogP contribution is 2.29. The van der Waals surface area contributed by atoms with Crippen molar-refractivity contribution in [3.05, 3.63) is 38.3 Å². The van der Waals surface area contributed by atoms with Crippen LogP contribution in [0.2, 0.25) is 0 Å². The highest BCUT2D eigenvalue weighted by atomic mass is 79.9. The van der Waals surface area contributed by atoms with Crippen LogP contribution in [0.15, 0.2) is 22.7 Å². The number of hydrogen-bond acceptors (Lipinski definition) is 5. The van der Waals surface area contributed by atoms with Crippen LogP contribution in [0, 0.1) is 10.1 Å². The van der Waals surface area contributed by atoms with Crippen LogP contribution in [0.4, 0.5) is 5.69 Å². The molecule has 0 saturated carbocycles. The van der Waals surface area contributed by atoms with E-state index in [0.717, 1.165) is 5.56 Å². The van der Waals surface area contributed by atoms with Crippen LogP contribution in [0.1, 0.15) is 19.4 Å². The molecule has 0 aliphatic rings. The standard InChI is InChI=1S/C13H17BrN2O4/c1-9(2)15(8-12(17)20-3)7-10-5-4-6-11(13(10)14)16(18)19/h4-6,9H,7-8H2,1-3H3. The Balaban J connectivity index is 2.97. The van der Waals surface area contributed by atoms with E-state index in [9.17, 15) is 14.9 Å². The number of benzene rings is 1. The number of methoxy groups -OCH3 is 1. The molecule has 0 radical (unpaired) electrons. The Morgan fingerprint density at radius 2 is 2.15 bits per heavy atom. The Hall–Kier alpha value is -1.47. The number of carbonyl (C=O) groups is 1. The minimum absolute atomic E-state index is 0.0178. The molecule has 0 heterocycles. The van der Waals surface area contributed by atoms with E-state index in [-0.39, 0.29) is 24.2 Å². The lowest BCUT2D eigenvalue weighted by Crippen LogP contribution is -2.35. The van der Waals surface area contributed by atoms with Crippen molar-refractivity contribution in [2.45, 2.75) is 26.4 Å². The van der Waals surface area contributed by atoms with E-state index in [0.29, 0.717) is 11.0 Å². The van der Waals surface area contributed by atoms with E-state index in [1.807, 2.05) is 18.7 Å². The summed E-state index contributed by atoms with van der Waals surface area (Å²) in [7, 11) is 1.34. The van der Waals surface area contributed by atoms with Crippen LogP contribution in [0.25, 0.3) is 0 Å². The summed E-state index contributed by atoms with van der Waals surface area (Å²) in [6.07, 6.45) is 0. The third kappa shape index (κ3) is 4.28. The summed E-state index contributed by atoms with van der Waals surface area (Å²) in [4.78, 5) is 23.7. The van der Waals surface area contributed by atoms with Crippen LogP contribution < -0.4 is 0 Å². The lowest BCUT2D eigenvalue weighted by atomic mass is 10.1. The lowest BCUT2D eigenvalue weighted by Gasteiger charge is -2.25. The first kappa shape index (κ1) is 16.6. The first-order valence-corrected chi connectivity index (χ1v) is 6.88. The van der Waals surface area contributed by atoms with Gasteiger partial charge in [0.25, 0.3) is 5.69 Å². The highest BCUT2D eigenvalue weighted by Gasteiger charge is 2.20. The smallest absolute Gasteiger partial charge is 0.319 e. The fourth-order valence-corrected chi connectivity index (χ4v) is 2.23. The second-order valence-electron chi connectivity index (χ2n) is 4.58. The van der Waals surface area contributed by atoms with E-state index in [2.05, 4.69) is 20.7 Å². The van der Waals surface area contributed by atoms with Gasteiger partial charge in [-0.15, -0.1) is 0 Å². The molecule has 0 fully saturated rings. The number of nitro groups is 1. The van der Waals surface area contributed by atoms with Gasteiger partial charge in [0.05, 0.1) is 23.1 Å². The summed E-state index contributed by atoms with van der Waals surface area (Å²) in [5.41, 5.74) is 0.779. The van der Waals surface area contributed by atoms with Gasteiger partial charge in [0.15, 0.2) is 0 Å². The number of nitro benzene ring substituents is 1. The van der Waals surface area contributed by atoms with Gasteiger partial charge in [-0.05, 0) is 35.3 Å². The summed E-state index contributed by atoms with van der Waals surface area (Å²) in [6, 6.07) is 4.98. The Labute approximate surface area is 126 Å². The molecule has 1 rings (SSSR count). The van der Waals surface area contributed by atoms with Crippen molar-refractivity contribution in [2.75, 3.05) is 13.7 Å². The molecular weight excluding hydrogens is 328 g/mol. The van der Waals surface area contributed by atoms with Crippen molar-refractivity contribution in [3.63, 3.8) is 0 Å². The predicted octanol–water partition coefficient (Wildman–Crippen LogP) is 2.74. The molecule has 0 saturated heterocycles. The first-order chi connectivity index (χ1) is 9.36. The number of esters is 1. The zero-order chi connectivity index (χ0) is 15.3. The van der Waals surface area contributed by atoms with Gasteiger partial charge in [0.2, 0.25) is 0 Å². The summed E-state index contributed by atoms with van der Waals surface area (Å²) in [5, 5.41) is 10.9. The van der Waals surface area contributed by atoms with Gasteiger partial charge < -0.3 is 4.74 Å². The maximum atomic E-state index is 11.4. The van der Waals surface area contributed by atoms with Gasteiger partial charge in [-0.1, -0.05) is 12.1 Å². The Morgan fingerprint density at radius 3 is 2.65 bits per heavy atom. The molecule has 0 bridgehead atoms. The molecule has 0 N–H and O–H groups in total. The molecule has 0 aromatic heterocycles. The number of halogens is 1. The van der Waals surface area contributed by atoms with Crippen molar-refractivity contribution in [3.8, 4) is 0 Å². The minimum atomic E-state index is -0.437. The molecule has 20 heavy (non-hydrogen) atoms. The largest absolute Gasteiger partial charge is 0.468 e. The van der Waals surface area contributed by atoms with Gasteiger partial charge in [-0.2, -0.15) is 0 Å². The van der Waals surface area contributed by atoms with Crippen molar-refractivity contribution in [1.29, 1.82) is 0 Å². The summed E-state index contributed by atoms with van der Waals surface area (Å²) in [6.45, 7) is 4.47. The number of nitrogens with zero attached hydrogens (tertiary/aromatic N) is 2. The molecule has 7 heteroatoms. The van der Waals surface area contributed by atoms with Gasteiger partial charge in [-0.3, -0.25) is 19.8 Å². The zero-order valence-corrected chi connectivity index (χ0v) is 13.2. The molecule has 0 aliphatic carbocycles. The number of rotatable bonds is 6. The third-order valence-electron chi connectivity index (χ3n) is 2.92. The second kappa shape index (κ2) is 7.35. The van der Waals surface area contributed by atoms with Crippen molar-refractivity contribution in [1.82, 2.24) is 4.90 Å². The van der Waals surface area contributed by atoms with Crippen LogP contribution in [-0.4, -0.2) is 35.5 Å². The van der Waals surface area contributed by atoms with Crippen LogP contribution in [0.3, 0.4) is 0 Å². The average Bonchev–Trinajstić information content (AvgIpc) is 2.39. The van der Waals surface area contributed by atoms with Crippen LogP contribution in [0.5, 0.6) is 0 Å². The van der Waals surface area contributed by atoms with Crippen LogP contribution >= 0.6 is 15.9 Å². The fraction of sp³-hybridized carbons (Fsp3) is 0.462. The number of hydrogen-bond donors (Lipinski definition) is 0. The molecule has 0 aliphatic heterocycles. The molecule has 110 valence electrons. The van der Waals surface area contributed by atoms with Gasteiger partial charge in [-0.25, -0.2) is 0 Å². The number of ether oxygens (including phenoxy) is 1. The number of carbonyl (C=O) groups excluding carboxylic acids is 1. The molecular formula is C13H17BrN2O4. The lowest BCUT2D eigenvalue weighted by molar-refractivity contribution is -0.385.